The first-order chi connectivity index (χ1) is 9.67. The summed E-state index contributed by atoms with van der Waals surface area (Å²) in [6.45, 7) is 10.8. The van der Waals surface area contributed by atoms with E-state index in [0.717, 1.165) is 37.3 Å². The van der Waals surface area contributed by atoms with Crippen molar-refractivity contribution in [1.29, 1.82) is 0 Å². The topological polar surface area (TPSA) is 35.5 Å². The molecule has 1 atom stereocenters. The Kier molecular flexibility index (Phi) is 5.93. The van der Waals surface area contributed by atoms with Crippen LogP contribution >= 0.6 is 11.8 Å². The van der Waals surface area contributed by atoms with Gasteiger partial charge in [-0.05, 0) is 13.3 Å². The van der Waals surface area contributed by atoms with Crippen LogP contribution in [0.5, 0.6) is 0 Å². The van der Waals surface area contributed by atoms with Gasteiger partial charge in [0.15, 0.2) is 5.76 Å². The highest BCUT2D eigenvalue weighted by atomic mass is 32.2. The van der Waals surface area contributed by atoms with Crippen molar-refractivity contribution in [3.8, 4) is 0 Å². The summed E-state index contributed by atoms with van der Waals surface area (Å²) in [6.07, 6.45) is 2.47. The number of quaternary nitrogens is 1. The number of rotatable bonds is 7. The van der Waals surface area contributed by atoms with Crippen molar-refractivity contribution in [2.45, 2.75) is 31.9 Å². The maximum atomic E-state index is 11.8. The number of unbranched alkanes of at least 4 members (excludes halogenated alkanes) is 1. The van der Waals surface area contributed by atoms with Crippen LogP contribution in [-0.4, -0.2) is 61.5 Å². The second kappa shape index (κ2) is 7.48. The van der Waals surface area contributed by atoms with E-state index >= 15 is 0 Å². The summed E-state index contributed by atoms with van der Waals surface area (Å²) < 4.78 is 12.3. The van der Waals surface area contributed by atoms with E-state index in [-0.39, 0.29) is 11.0 Å². The lowest BCUT2D eigenvalue weighted by molar-refractivity contribution is -0.935. The zero-order valence-electron chi connectivity index (χ0n) is 12.6. The molecule has 0 bridgehead atoms. The summed E-state index contributed by atoms with van der Waals surface area (Å²) >= 11 is 1.55. The quantitative estimate of drug-likeness (QED) is 0.675. The van der Waals surface area contributed by atoms with Gasteiger partial charge in [0.1, 0.15) is 26.2 Å². The van der Waals surface area contributed by atoms with Crippen molar-refractivity contribution < 1.29 is 18.8 Å². The molecule has 2 aliphatic rings. The molecule has 1 saturated heterocycles. The monoisotopic (exact) mass is 300 g/mol. The van der Waals surface area contributed by atoms with Crippen LogP contribution in [0.25, 0.3) is 0 Å². The maximum Gasteiger partial charge on any atom is 0.210 e. The van der Waals surface area contributed by atoms with Gasteiger partial charge in [0, 0.05) is 5.41 Å². The molecule has 0 aliphatic carbocycles. The molecule has 0 saturated carbocycles. The first-order valence-corrected chi connectivity index (χ1v) is 8.57. The summed E-state index contributed by atoms with van der Waals surface area (Å²) in [4.78, 5) is 11.8. The minimum atomic E-state index is 0.0246. The average molecular weight is 300 g/mol. The summed E-state index contributed by atoms with van der Waals surface area (Å²) in [5.74, 6) is 0.696. The number of thioether (sulfide) groups is 1. The van der Waals surface area contributed by atoms with Crippen LogP contribution in [0, 0.1) is 0 Å². The van der Waals surface area contributed by atoms with E-state index in [4.69, 9.17) is 9.47 Å². The lowest BCUT2D eigenvalue weighted by Gasteiger charge is -2.41. The van der Waals surface area contributed by atoms with Gasteiger partial charge < -0.3 is 14.0 Å². The van der Waals surface area contributed by atoms with Gasteiger partial charge in [0.25, 0.3) is 0 Å². The summed E-state index contributed by atoms with van der Waals surface area (Å²) in [5.41, 5.74) is 0. The number of carbonyl (C=O) groups excluding carboxylic acids is 1. The third-order valence-electron chi connectivity index (χ3n) is 4.22. The second-order valence-corrected chi connectivity index (χ2v) is 6.89. The number of ether oxygens (including phenoxy) is 2. The molecule has 114 valence electrons. The average Bonchev–Trinajstić information content (AvgIpc) is 2.78. The summed E-state index contributed by atoms with van der Waals surface area (Å²) in [6, 6.07) is 0. The highest BCUT2D eigenvalue weighted by Crippen LogP contribution is 2.27. The molecule has 4 nitrogen and oxygen atoms in total. The van der Waals surface area contributed by atoms with E-state index in [1.165, 1.54) is 19.4 Å². The molecule has 0 aromatic carbocycles. The van der Waals surface area contributed by atoms with Crippen molar-refractivity contribution in [3.05, 3.63) is 11.2 Å². The van der Waals surface area contributed by atoms with Gasteiger partial charge in [-0.2, -0.15) is 0 Å². The fourth-order valence-electron chi connectivity index (χ4n) is 2.72. The third-order valence-corrected chi connectivity index (χ3v) is 5.19. The number of morpholine rings is 1. The zero-order valence-corrected chi connectivity index (χ0v) is 13.4. The minimum Gasteiger partial charge on any atom is -0.483 e. The first-order valence-electron chi connectivity index (χ1n) is 7.62. The third kappa shape index (κ3) is 3.99. The van der Waals surface area contributed by atoms with E-state index < -0.39 is 0 Å². The van der Waals surface area contributed by atoms with Crippen LogP contribution in [0.3, 0.4) is 0 Å². The van der Waals surface area contributed by atoms with Gasteiger partial charge in [-0.3, -0.25) is 4.79 Å². The Labute approximate surface area is 126 Å². The van der Waals surface area contributed by atoms with E-state index in [0.29, 0.717) is 12.4 Å². The van der Waals surface area contributed by atoms with Gasteiger partial charge in [-0.1, -0.05) is 13.3 Å². The molecular weight excluding hydrogens is 274 g/mol. The van der Waals surface area contributed by atoms with Crippen LogP contribution < -0.4 is 0 Å². The highest BCUT2D eigenvalue weighted by molar-refractivity contribution is 8.03. The van der Waals surface area contributed by atoms with Crippen molar-refractivity contribution >= 4 is 17.5 Å². The molecule has 2 aliphatic heterocycles. The van der Waals surface area contributed by atoms with Gasteiger partial charge >= 0.3 is 0 Å². The van der Waals surface area contributed by atoms with Crippen LogP contribution in [0.2, 0.25) is 0 Å². The first kappa shape index (κ1) is 15.9. The Morgan fingerprint density at radius 1 is 1.40 bits per heavy atom. The van der Waals surface area contributed by atoms with Crippen LogP contribution in [0.1, 0.15) is 26.7 Å². The van der Waals surface area contributed by atoms with E-state index in [1.54, 1.807) is 11.8 Å². The molecule has 1 fully saturated rings. The smallest absolute Gasteiger partial charge is 0.210 e. The molecule has 0 aromatic rings. The van der Waals surface area contributed by atoms with E-state index in [1.807, 2.05) is 12.3 Å². The standard InChI is InChI=1S/C15H26NO3S/c1-3-4-5-16(6-9-18-10-7-16)8-11-19-14-12-20-13(2)15(14)17/h12-13H,3-11H2,1-2H3/q+1. The van der Waals surface area contributed by atoms with E-state index in [2.05, 4.69) is 6.92 Å². The second-order valence-electron chi connectivity index (χ2n) is 5.68. The van der Waals surface area contributed by atoms with Crippen LogP contribution in [0.15, 0.2) is 11.2 Å². The molecule has 0 spiro atoms. The Hall–Kier alpha value is -0.520. The molecule has 2 heterocycles. The molecule has 20 heavy (non-hydrogen) atoms. The Bertz CT molecular complexity index is 364. The number of nitrogens with zero attached hydrogens (tertiary/aromatic N) is 1. The van der Waals surface area contributed by atoms with E-state index in [9.17, 15) is 4.79 Å². The van der Waals surface area contributed by atoms with Gasteiger partial charge in [0.2, 0.25) is 5.78 Å². The number of ketones is 1. The van der Waals surface area contributed by atoms with Gasteiger partial charge in [-0.15, -0.1) is 11.8 Å². The summed E-state index contributed by atoms with van der Waals surface area (Å²) in [7, 11) is 0. The number of hydrogen-bond donors (Lipinski definition) is 0. The summed E-state index contributed by atoms with van der Waals surface area (Å²) in [5, 5.41) is 1.89. The normalized spacial score (nSPS) is 25.6. The van der Waals surface area contributed by atoms with Gasteiger partial charge in [-0.25, -0.2) is 0 Å². The Balaban J connectivity index is 1.81. The van der Waals surface area contributed by atoms with Gasteiger partial charge in [0.05, 0.1) is 25.0 Å². The molecule has 0 N–H and O–H groups in total. The molecular formula is C15H26NO3S+. The molecule has 1 unspecified atom stereocenters. The molecule has 0 aromatic heterocycles. The van der Waals surface area contributed by atoms with Crippen molar-refractivity contribution in [3.63, 3.8) is 0 Å². The largest absolute Gasteiger partial charge is 0.483 e. The predicted octanol–water partition coefficient (Wildman–Crippen LogP) is 2.20. The number of allylic oxidation sites excluding steroid dienone is 1. The number of Topliss-reactive ketones (excluding diaryl/α,β-unsaturated/α-hetero) is 1. The van der Waals surface area contributed by atoms with Crippen LogP contribution in [0.4, 0.5) is 0 Å². The number of carbonyl (C=O) groups is 1. The lowest BCUT2D eigenvalue weighted by Crippen LogP contribution is -2.57. The maximum absolute atomic E-state index is 11.8. The SMILES string of the molecule is CCCC[N+]1(CCOC2=CSC(C)C2=O)CCOCC1. The molecule has 2 rings (SSSR count). The highest BCUT2D eigenvalue weighted by Gasteiger charge is 2.31. The van der Waals surface area contributed by atoms with Crippen molar-refractivity contribution in [1.82, 2.24) is 0 Å². The Morgan fingerprint density at radius 2 is 2.15 bits per heavy atom. The minimum absolute atomic E-state index is 0.0246. The molecule has 0 amide bonds. The van der Waals surface area contributed by atoms with Crippen molar-refractivity contribution in [2.75, 3.05) is 46.0 Å². The molecule has 0 radical (unpaired) electrons. The zero-order chi connectivity index (χ0) is 14.4. The predicted molar refractivity (Wildman–Crippen MR) is 81.6 cm³/mol. The molecule has 5 heteroatoms. The van der Waals surface area contributed by atoms with Crippen LogP contribution in [-0.2, 0) is 14.3 Å². The fourth-order valence-corrected chi connectivity index (χ4v) is 3.47. The number of hydrogen-bond acceptors (Lipinski definition) is 4. The Morgan fingerprint density at radius 3 is 2.75 bits per heavy atom. The fraction of sp³-hybridized carbons (Fsp3) is 0.800. The lowest BCUT2D eigenvalue weighted by atomic mass is 10.2. The van der Waals surface area contributed by atoms with Crippen molar-refractivity contribution in [2.24, 2.45) is 0 Å².